The second-order valence-corrected chi connectivity index (χ2v) is 4.78. The number of aliphatic imine (C=N–C) groups is 1. The third-order valence-corrected chi connectivity index (χ3v) is 3.00. The summed E-state index contributed by atoms with van der Waals surface area (Å²) in [5, 5.41) is 19.0. The van der Waals surface area contributed by atoms with Crippen molar-refractivity contribution in [2.45, 2.75) is 19.2 Å². The molecular weight excluding hydrogens is 311 g/mol. The third kappa shape index (κ3) is 4.83. The topological polar surface area (TPSA) is 105 Å². The molecular formula is C15H18F3N3O2. The van der Waals surface area contributed by atoms with E-state index in [1.807, 2.05) is 0 Å². The van der Waals surface area contributed by atoms with Gasteiger partial charge in [-0.05, 0) is 24.6 Å². The van der Waals surface area contributed by atoms with Crippen LogP contribution in [0.15, 0.2) is 47.2 Å². The Morgan fingerprint density at radius 2 is 1.78 bits per heavy atom. The highest BCUT2D eigenvalue weighted by atomic mass is 19.4. The molecule has 0 saturated heterocycles. The monoisotopic (exact) mass is 329 g/mol. The van der Waals surface area contributed by atoms with Crippen LogP contribution < -0.4 is 11.5 Å². The summed E-state index contributed by atoms with van der Waals surface area (Å²) >= 11 is 0. The molecule has 1 aromatic rings. The molecule has 0 aromatic heterocycles. The van der Waals surface area contributed by atoms with Crippen molar-refractivity contribution in [3.8, 4) is 0 Å². The molecule has 0 amide bonds. The van der Waals surface area contributed by atoms with E-state index in [4.69, 9.17) is 11.5 Å². The largest absolute Gasteiger partial charge is 0.416 e. The minimum atomic E-state index is -4.43. The van der Waals surface area contributed by atoms with Crippen molar-refractivity contribution in [2.24, 2.45) is 16.5 Å². The molecule has 0 radical (unpaired) electrons. The number of hydrogen-bond donors (Lipinski definition) is 4. The van der Waals surface area contributed by atoms with Crippen LogP contribution in [0.25, 0.3) is 5.70 Å². The van der Waals surface area contributed by atoms with E-state index in [2.05, 4.69) is 11.6 Å². The molecule has 0 aliphatic carbocycles. The Morgan fingerprint density at radius 1 is 1.26 bits per heavy atom. The van der Waals surface area contributed by atoms with Crippen LogP contribution in [0.4, 0.5) is 13.2 Å². The van der Waals surface area contributed by atoms with E-state index in [-0.39, 0.29) is 22.8 Å². The molecule has 23 heavy (non-hydrogen) atoms. The fourth-order valence-corrected chi connectivity index (χ4v) is 1.91. The standard InChI is InChI=1S/C15H18F3N3O2/c1-8(10-3-5-11(6-4-10)15(16,17)18)21-12(7-22)13(9(2)23)14(19)20/h3-6,9,22-23H,1,7,19-20H2,2H3/b21-12-. The molecule has 126 valence electrons. The predicted molar refractivity (Wildman–Crippen MR) is 82.1 cm³/mol. The number of aliphatic hydroxyl groups excluding tert-OH is 2. The number of rotatable bonds is 5. The second-order valence-electron chi connectivity index (χ2n) is 4.78. The first-order valence-electron chi connectivity index (χ1n) is 6.56. The van der Waals surface area contributed by atoms with Gasteiger partial charge in [-0.3, -0.25) is 4.99 Å². The average molecular weight is 329 g/mol. The van der Waals surface area contributed by atoms with Crippen LogP contribution >= 0.6 is 0 Å². The molecule has 0 aliphatic heterocycles. The van der Waals surface area contributed by atoms with E-state index in [1.165, 1.54) is 19.1 Å². The van der Waals surface area contributed by atoms with E-state index in [9.17, 15) is 23.4 Å². The van der Waals surface area contributed by atoms with Gasteiger partial charge in [0.15, 0.2) is 0 Å². The molecule has 6 N–H and O–H groups in total. The highest BCUT2D eigenvalue weighted by Crippen LogP contribution is 2.30. The fourth-order valence-electron chi connectivity index (χ4n) is 1.91. The lowest BCUT2D eigenvalue weighted by molar-refractivity contribution is -0.137. The van der Waals surface area contributed by atoms with Gasteiger partial charge >= 0.3 is 6.18 Å². The number of aliphatic hydroxyl groups is 2. The Labute approximate surface area is 131 Å². The molecule has 0 aliphatic rings. The fraction of sp³-hybridized carbons (Fsp3) is 0.267. The first-order valence-corrected chi connectivity index (χ1v) is 6.56. The van der Waals surface area contributed by atoms with Gasteiger partial charge in [0.25, 0.3) is 0 Å². The van der Waals surface area contributed by atoms with Gasteiger partial charge in [0, 0.05) is 5.57 Å². The molecule has 1 atom stereocenters. The Balaban J connectivity index is 3.15. The zero-order valence-corrected chi connectivity index (χ0v) is 12.4. The number of alkyl halides is 3. The van der Waals surface area contributed by atoms with Crippen molar-refractivity contribution in [2.75, 3.05) is 6.61 Å². The number of nitrogens with zero attached hydrogens (tertiary/aromatic N) is 1. The zero-order valence-electron chi connectivity index (χ0n) is 12.4. The summed E-state index contributed by atoms with van der Waals surface area (Å²) in [6.45, 7) is 4.46. The van der Waals surface area contributed by atoms with Gasteiger partial charge in [0.1, 0.15) is 5.82 Å². The summed E-state index contributed by atoms with van der Waals surface area (Å²) < 4.78 is 37.6. The average Bonchev–Trinajstić information content (AvgIpc) is 2.44. The molecule has 0 saturated carbocycles. The van der Waals surface area contributed by atoms with Crippen molar-refractivity contribution >= 4 is 11.4 Å². The lowest BCUT2D eigenvalue weighted by Crippen LogP contribution is -2.26. The van der Waals surface area contributed by atoms with E-state index >= 15 is 0 Å². The van der Waals surface area contributed by atoms with Gasteiger partial charge in [0.2, 0.25) is 0 Å². The molecule has 5 nitrogen and oxygen atoms in total. The van der Waals surface area contributed by atoms with Gasteiger partial charge in [-0.15, -0.1) is 0 Å². The molecule has 0 bridgehead atoms. The number of nitrogens with two attached hydrogens (primary N) is 2. The molecule has 0 heterocycles. The van der Waals surface area contributed by atoms with Crippen molar-refractivity contribution in [3.05, 3.63) is 53.4 Å². The first kappa shape index (κ1) is 18.7. The third-order valence-electron chi connectivity index (χ3n) is 3.00. The smallest absolute Gasteiger partial charge is 0.390 e. The first-order chi connectivity index (χ1) is 10.6. The lowest BCUT2D eigenvalue weighted by atomic mass is 10.1. The number of hydrogen-bond acceptors (Lipinski definition) is 5. The van der Waals surface area contributed by atoms with Crippen LogP contribution in [-0.2, 0) is 6.18 Å². The molecule has 8 heteroatoms. The van der Waals surface area contributed by atoms with Gasteiger partial charge < -0.3 is 21.7 Å². The number of halogens is 3. The van der Waals surface area contributed by atoms with Crippen LogP contribution in [0.2, 0.25) is 0 Å². The second kappa shape index (κ2) is 7.30. The maximum absolute atomic E-state index is 12.5. The Morgan fingerprint density at radius 3 is 2.13 bits per heavy atom. The molecule has 1 unspecified atom stereocenters. The van der Waals surface area contributed by atoms with Gasteiger partial charge in [-0.2, -0.15) is 13.2 Å². The molecule has 1 aromatic carbocycles. The normalized spacial score (nSPS) is 13.6. The Hall–Kier alpha value is -2.32. The maximum Gasteiger partial charge on any atom is 0.416 e. The Bertz CT molecular complexity index is 628. The predicted octanol–water partition coefficient (Wildman–Crippen LogP) is 1.62. The van der Waals surface area contributed by atoms with Crippen molar-refractivity contribution in [3.63, 3.8) is 0 Å². The Kier molecular flexibility index (Phi) is 5.94. The van der Waals surface area contributed by atoms with Crippen molar-refractivity contribution in [1.82, 2.24) is 0 Å². The van der Waals surface area contributed by atoms with Crippen LogP contribution in [0.1, 0.15) is 18.1 Å². The minimum Gasteiger partial charge on any atom is -0.390 e. The maximum atomic E-state index is 12.5. The summed E-state index contributed by atoms with van der Waals surface area (Å²) in [6.07, 6.45) is -5.51. The summed E-state index contributed by atoms with van der Waals surface area (Å²) in [6, 6.07) is 4.22. The van der Waals surface area contributed by atoms with Crippen molar-refractivity contribution in [1.29, 1.82) is 0 Å². The van der Waals surface area contributed by atoms with Crippen molar-refractivity contribution < 1.29 is 23.4 Å². The van der Waals surface area contributed by atoms with Crippen LogP contribution in [0, 0.1) is 0 Å². The summed E-state index contributed by atoms with van der Waals surface area (Å²) in [5.41, 5.74) is 10.6. The van der Waals surface area contributed by atoms with Crippen LogP contribution in [0.5, 0.6) is 0 Å². The van der Waals surface area contributed by atoms with E-state index < -0.39 is 24.5 Å². The van der Waals surface area contributed by atoms with E-state index in [0.717, 1.165) is 12.1 Å². The zero-order chi connectivity index (χ0) is 17.8. The van der Waals surface area contributed by atoms with Gasteiger partial charge in [-0.25, -0.2) is 0 Å². The van der Waals surface area contributed by atoms with E-state index in [1.54, 1.807) is 0 Å². The quantitative estimate of drug-likeness (QED) is 0.616. The summed E-state index contributed by atoms with van der Waals surface area (Å²) in [7, 11) is 0. The molecule has 0 spiro atoms. The molecule has 1 rings (SSSR count). The van der Waals surface area contributed by atoms with Crippen LogP contribution in [-0.4, -0.2) is 28.6 Å². The van der Waals surface area contributed by atoms with Gasteiger partial charge in [-0.1, -0.05) is 18.7 Å². The highest BCUT2D eigenvalue weighted by Gasteiger charge is 2.30. The van der Waals surface area contributed by atoms with Crippen LogP contribution in [0.3, 0.4) is 0 Å². The highest BCUT2D eigenvalue weighted by molar-refractivity contribution is 6.04. The molecule has 0 fully saturated rings. The van der Waals surface area contributed by atoms with E-state index in [0.29, 0.717) is 5.56 Å². The summed E-state index contributed by atoms with van der Waals surface area (Å²) in [4.78, 5) is 4.01. The summed E-state index contributed by atoms with van der Waals surface area (Å²) in [5.74, 6) is -0.215. The minimum absolute atomic E-state index is 0.00935. The van der Waals surface area contributed by atoms with Gasteiger partial charge in [0.05, 0.1) is 29.7 Å². The lowest BCUT2D eigenvalue weighted by Gasteiger charge is -2.14. The SMILES string of the molecule is C=C(/N=C(/CO)C(=C(N)N)C(C)O)c1ccc(C(F)(F)F)cc1. The number of benzene rings is 1.